The Labute approximate surface area is 185 Å². The maximum Gasteiger partial charge on any atom is 0.268 e. The number of hydrogen-bond acceptors (Lipinski definition) is 7. The molecule has 162 valence electrons. The van der Waals surface area contributed by atoms with Gasteiger partial charge in [-0.25, -0.2) is 4.98 Å². The number of nitrogens with zero attached hydrogens (tertiary/aromatic N) is 3. The fourth-order valence-corrected chi connectivity index (χ4v) is 5.03. The lowest BCUT2D eigenvalue weighted by atomic mass is 9.73. The monoisotopic (exact) mass is 452 g/mol. The van der Waals surface area contributed by atoms with Crippen molar-refractivity contribution in [3.63, 3.8) is 0 Å². The molecular weight excluding hydrogens is 427 g/mol. The van der Waals surface area contributed by atoms with Gasteiger partial charge in [0.15, 0.2) is 0 Å². The van der Waals surface area contributed by atoms with E-state index in [0.717, 1.165) is 12.8 Å². The molecule has 6 N–H and O–H groups in total. The van der Waals surface area contributed by atoms with E-state index >= 15 is 0 Å². The highest BCUT2D eigenvalue weighted by Gasteiger charge is 2.47. The maximum absolute atomic E-state index is 12.2. The molecule has 0 saturated carbocycles. The predicted molar refractivity (Wildman–Crippen MR) is 119 cm³/mol. The smallest absolute Gasteiger partial charge is 0.268 e. The molecule has 10 heteroatoms. The predicted octanol–water partition coefficient (Wildman–Crippen LogP) is 1.66. The largest absolute Gasteiger partial charge is 0.383 e. The Morgan fingerprint density at radius 3 is 2.60 bits per heavy atom. The minimum atomic E-state index is -0.695. The number of anilines is 2. The van der Waals surface area contributed by atoms with Gasteiger partial charge in [0.2, 0.25) is 5.95 Å². The van der Waals surface area contributed by atoms with E-state index in [2.05, 4.69) is 9.97 Å². The number of nitrogens with two attached hydrogens (primary N) is 3. The minimum Gasteiger partial charge on any atom is -0.383 e. The van der Waals surface area contributed by atoms with E-state index in [1.165, 1.54) is 0 Å². The maximum atomic E-state index is 12.2. The molecule has 1 amide bonds. The Bertz CT molecular complexity index is 913. The van der Waals surface area contributed by atoms with Crippen molar-refractivity contribution in [2.45, 2.75) is 42.7 Å². The zero-order valence-corrected chi connectivity index (χ0v) is 18.2. The molecule has 4 rings (SSSR count). The topological polar surface area (TPSA) is 133 Å². The first-order valence-corrected chi connectivity index (χ1v) is 10.9. The van der Waals surface area contributed by atoms with Gasteiger partial charge in [-0.1, -0.05) is 18.2 Å². The van der Waals surface area contributed by atoms with Crippen LogP contribution in [0.4, 0.5) is 11.8 Å². The molecule has 2 aliphatic heterocycles. The lowest BCUT2D eigenvalue weighted by Gasteiger charge is -2.41. The highest BCUT2D eigenvalue weighted by atomic mass is 35.5. The van der Waals surface area contributed by atoms with Gasteiger partial charge in [0, 0.05) is 24.5 Å². The number of ether oxygens (including phenoxy) is 1. The Morgan fingerprint density at radius 2 is 2.00 bits per heavy atom. The van der Waals surface area contributed by atoms with Gasteiger partial charge in [0.05, 0.1) is 29.0 Å². The fourth-order valence-electron chi connectivity index (χ4n) is 4.54. The van der Waals surface area contributed by atoms with E-state index in [1.54, 1.807) is 18.2 Å². The molecule has 0 bridgehead atoms. The molecule has 1 aliphatic carbocycles. The SMILES string of the molecule is C[C@@H]1OCC2(CCN(c3nc(N)c(C4=CC=C[C@H](Cl)[C@@H]4Cl)c(C(N)=O)n3)CC2)[C@@H]1N. The first kappa shape index (κ1) is 21.4. The Morgan fingerprint density at radius 1 is 1.30 bits per heavy atom. The van der Waals surface area contributed by atoms with Crippen LogP contribution >= 0.6 is 23.2 Å². The number of alkyl halides is 2. The van der Waals surface area contributed by atoms with E-state index in [1.807, 2.05) is 11.8 Å². The molecule has 3 heterocycles. The zero-order chi connectivity index (χ0) is 21.6. The van der Waals surface area contributed by atoms with Crippen molar-refractivity contribution in [2.24, 2.45) is 16.9 Å². The van der Waals surface area contributed by atoms with Crippen molar-refractivity contribution < 1.29 is 9.53 Å². The van der Waals surface area contributed by atoms with E-state index in [-0.39, 0.29) is 29.1 Å². The number of halogens is 2. The van der Waals surface area contributed by atoms with Gasteiger partial charge in [-0.05, 0) is 25.3 Å². The summed E-state index contributed by atoms with van der Waals surface area (Å²) in [6.45, 7) is 4.05. The van der Waals surface area contributed by atoms with Crippen molar-refractivity contribution in [2.75, 3.05) is 30.3 Å². The molecule has 1 spiro atoms. The molecule has 1 aromatic heterocycles. The molecule has 2 fully saturated rings. The van der Waals surface area contributed by atoms with Gasteiger partial charge in [-0.3, -0.25) is 4.79 Å². The first-order valence-electron chi connectivity index (χ1n) is 10.00. The second kappa shape index (κ2) is 8.00. The van der Waals surface area contributed by atoms with Crippen LogP contribution in [-0.4, -0.2) is 58.5 Å². The lowest BCUT2D eigenvalue weighted by Crippen LogP contribution is -2.51. The second-order valence-electron chi connectivity index (χ2n) is 8.24. The van der Waals surface area contributed by atoms with Crippen LogP contribution in [-0.2, 0) is 4.74 Å². The molecule has 1 aromatic rings. The molecule has 8 nitrogen and oxygen atoms in total. The summed E-state index contributed by atoms with van der Waals surface area (Å²) in [6, 6.07) is 0.00430. The van der Waals surface area contributed by atoms with Crippen LogP contribution in [0, 0.1) is 5.41 Å². The lowest BCUT2D eigenvalue weighted by molar-refractivity contribution is 0.0973. The van der Waals surface area contributed by atoms with Crippen LogP contribution in [0.5, 0.6) is 0 Å². The number of nitrogen functional groups attached to an aromatic ring is 1. The second-order valence-corrected chi connectivity index (χ2v) is 9.22. The third-order valence-electron chi connectivity index (χ3n) is 6.48. The number of aromatic nitrogens is 2. The summed E-state index contributed by atoms with van der Waals surface area (Å²) in [4.78, 5) is 23.2. The van der Waals surface area contributed by atoms with Gasteiger partial charge in [0.1, 0.15) is 11.5 Å². The molecular formula is C20H26Cl2N6O2. The van der Waals surface area contributed by atoms with Crippen LogP contribution in [0.3, 0.4) is 0 Å². The molecule has 30 heavy (non-hydrogen) atoms. The summed E-state index contributed by atoms with van der Waals surface area (Å²) in [5, 5.41) is -1.02. The number of carbonyl (C=O) groups is 1. The van der Waals surface area contributed by atoms with Crippen LogP contribution in [0.25, 0.3) is 5.57 Å². The van der Waals surface area contributed by atoms with E-state index in [9.17, 15) is 4.79 Å². The number of rotatable bonds is 3. The van der Waals surface area contributed by atoms with Crippen LogP contribution < -0.4 is 22.1 Å². The summed E-state index contributed by atoms with van der Waals surface area (Å²) in [7, 11) is 0. The number of primary amides is 1. The number of piperidine rings is 1. The van der Waals surface area contributed by atoms with Crippen LogP contribution in [0.2, 0.25) is 0 Å². The van der Waals surface area contributed by atoms with Gasteiger partial charge in [-0.15, -0.1) is 23.2 Å². The van der Waals surface area contributed by atoms with Gasteiger partial charge < -0.3 is 26.8 Å². The van der Waals surface area contributed by atoms with Crippen molar-refractivity contribution in [3.8, 4) is 0 Å². The van der Waals surface area contributed by atoms with Crippen molar-refractivity contribution >= 4 is 46.4 Å². The Hall–Kier alpha value is -1.87. The molecule has 2 saturated heterocycles. The molecule has 0 aromatic carbocycles. The average Bonchev–Trinajstić information content (AvgIpc) is 2.99. The van der Waals surface area contributed by atoms with Crippen LogP contribution in [0.15, 0.2) is 18.2 Å². The summed E-state index contributed by atoms with van der Waals surface area (Å²) in [5.74, 6) is -0.167. The Balaban J connectivity index is 1.63. The van der Waals surface area contributed by atoms with Crippen molar-refractivity contribution in [3.05, 3.63) is 29.5 Å². The summed E-state index contributed by atoms with van der Waals surface area (Å²) < 4.78 is 5.78. The number of carbonyl (C=O) groups excluding carboxylic acids is 1. The highest BCUT2D eigenvalue weighted by Crippen LogP contribution is 2.42. The summed E-state index contributed by atoms with van der Waals surface area (Å²) in [6.07, 6.45) is 7.04. The van der Waals surface area contributed by atoms with E-state index < -0.39 is 16.7 Å². The number of hydrogen-bond donors (Lipinski definition) is 3. The Kier molecular flexibility index (Phi) is 5.69. The van der Waals surface area contributed by atoms with Gasteiger partial charge in [-0.2, -0.15) is 4.98 Å². The zero-order valence-electron chi connectivity index (χ0n) is 16.7. The molecule has 3 aliphatic rings. The number of amides is 1. The normalized spacial score (nSPS) is 30.5. The standard InChI is InChI=1S/C20H26Cl2N6O2/c1-10-16(23)20(9-30-10)5-7-28(8-6-20)19-26-15(18(25)29)13(17(24)27-19)11-3-2-4-12(21)14(11)22/h2-4,10,12,14,16H,5-9,23H2,1H3,(H2,25,29)(H2,24,26,27)/t10-,12-,14+,16+/m0/s1. The number of allylic oxidation sites excluding steroid dienone is 4. The third kappa shape index (κ3) is 3.56. The fraction of sp³-hybridized carbons (Fsp3) is 0.550. The average molecular weight is 453 g/mol. The quantitative estimate of drug-likeness (QED) is 0.593. The van der Waals surface area contributed by atoms with Crippen molar-refractivity contribution in [1.82, 2.24) is 9.97 Å². The van der Waals surface area contributed by atoms with Gasteiger partial charge >= 0.3 is 0 Å². The summed E-state index contributed by atoms with van der Waals surface area (Å²) >= 11 is 12.7. The third-order valence-corrected chi connectivity index (χ3v) is 7.52. The highest BCUT2D eigenvalue weighted by molar-refractivity contribution is 6.35. The molecule has 0 unspecified atom stereocenters. The van der Waals surface area contributed by atoms with Crippen molar-refractivity contribution in [1.29, 1.82) is 0 Å². The first-order chi connectivity index (χ1) is 14.2. The minimum absolute atomic E-state index is 0.00430. The van der Waals surface area contributed by atoms with Crippen LogP contribution in [0.1, 0.15) is 35.8 Å². The van der Waals surface area contributed by atoms with E-state index in [4.69, 9.17) is 45.1 Å². The van der Waals surface area contributed by atoms with Gasteiger partial charge in [0.25, 0.3) is 5.91 Å². The molecule has 0 radical (unpaired) electrons. The summed E-state index contributed by atoms with van der Waals surface area (Å²) in [5.41, 5.74) is 19.2. The molecule has 4 atom stereocenters. The van der Waals surface area contributed by atoms with E-state index in [0.29, 0.717) is 36.8 Å².